The molecule has 1 unspecified atom stereocenters. The summed E-state index contributed by atoms with van der Waals surface area (Å²) in [5, 5.41) is 8.61. The van der Waals surface area contributed by atoms with Crippen molar-refractivity contribution in [3.63, 3.8) is 0 Å². The van der Waals surface area contributed by atoms with E-state index < -0.39 is 5.97 Å². The number of aliphatic carboxylic acids is 1. The fraction of sp³-hybridized carbons (Fsp3) is 0.300. The molecule has 1 N–H and O–H groups in total. The molecular formula is C20H23NO4. The van der Waals surface area contributed by atoms with E-state index in [4.69, 9.17) is 9.84 Å². The second kappa shape index (κ2) is 8.87. The third-order valence-electron chi connectivity index (χ3n) is 4.15. The average Bonchev–Trinajstić information content (AvgIpc) is 2.64. The molecule has 1 amide bonds. The fourth-order valence-electron chi connectivity index (χ4n) is 2.63. The van der Waals surface area contributed by atoms with Crippen molar-refractivity contribution >= 4 is 17.6 Å². The molecule has 0 spiro atoms. The molecule has 1 atom stereocenters. The van der Waals surface area contributed by atoms with Gasteiger partial charge in [-0.05, 0) is 42.2 Å². The van der Waals surface area contributed by atoms with Gasteiger partial charge in [0.15, 0.2) is 6.61 Å². The zero-order chi connectivity index (χ0) is 18.2. The third kappa shape index (κ3) is 5.35. The van der Waals surface area contributed by atoms with Gasteiger partial charge in [0, 0.05) is 19.2 Å². The largest absolute Gasteiger partial charge is 0.482 e. The summed E-state index contributed by atoms with van der Waals surface area (Å²) in [5.74, 6) is -0.338. The predicted molar refractivity (Wildman–Crippen MR) is 97.1 cm³/mol. The lowest BCUT2D eigenvalue weighted by Gasteiger charge is -2.21. The number of rotatable bonds is 8. The third-order valence-corrected chi connectivity index (χ3v) is 4.15. The van der Waals surface area contributed by atoms with Crippen LogP contribution in [0.25, 0.3) is 0 Å². The Bertz CT molecular complexity index is 697. The Morgan fingerprint density at radius 2 is 1.72 bits per heavy atom. The molecule has 0 saturated heterocycles. The second-order valence-corrected chi connectivity index (χ2v) is 5.85. The van der Waals surface area contributed by atoms with E-state index in [9.17, 15) is 9.59 Å². The van der Waals surface area contributed by atoms with Crippen molar-refractivity contribution in [2.24, 2.45) is 0 Å². The lowest BCUT2D eigenvalue weighted by Crippen LogP contribution is -2.27. The Labute approximate surface area is 147 Å². The van der Waals surface area contributed by atoms with Crippen LogP contribution in [0.5, 0.6) is 5.75 Å². The molecular weight excluding hydrogens is 318 g/mol. The lowest BCUT2D eigenvalue weighted by molar-refractivity contribution is -0.139. The number of anilines is 1. The minimum absolute atomic E-state index is 0.0370. The maximum Gasteiger partial charge on any atom is 0.341 e. The number of carbonyl (C=O) groups is 2. The van der Waals surface area contributed by atoms with E-state index in [1.807, 2.05) is 18.2 Å². The summed E-state index contributed by atoms with van der Waals surface area (Å²) >= 11 is 0. The number of amides is 1. The molecule has 0 aliphatic carbocycles. The first-order chi connectivity index (χ1) is 12.0. The lowest BCUT2D eigenvalue weighted by atomic mass is 9.93. The minimum atomic E-state index is -1.03. The topological polar surface area (TPSA) is 66.8 Å². The Balaban J connectivity index is 2.00. The van der Waals surface area contributed by atoms with Crippen LogP contribution in [0.1, 0.15) is 31.2 Å². The van der Waals surface area contributed by atoms with Gasteiger partial charge in [0.1, 0.15) is 5.75 Å². The van der Waals surface area contributed by atoms with E-state index in [-0.39, 0.29) is 18.4 Å². The van der Waals surface area contributed by atoms with E-state index in [2.05, 4.69) is 19.1 Å². The molecule has 0 saturated carbocycles. The van der Waals surface area contributed by atoms with Gasteiger partial charge in [-0.1, -0.05) is 37.3 Å². The molecule has 2 aromatic rings. The molecule has 5 heteroatoms. The van der Waals surface area contributed by atoms with Gasteiger partial charge in [0.2, 0.25) is 5.91 Å². The monoisotopic (exact) mass is 341 g/mol. The first-order valence-corrected chi connectivity index (χ1v) is 8.27. The Morgan fingerprint density at radius 1 is 1.08 bits per heavy atom. The van der Waals surface area contributed by atoms with Crippen molar-refractivity contribution in [3.8, 4) is 5.75 Å². The molecule has 0 aliphatic rings. The summed E-state index contributed by atoms with van der Waals surface area (Å²) in [6, 6.07) is 16.9. The Hall–Kier alpha value is -2.82. The van der Waals surface area contributed by atoms with Gasteiger partial charge in [0.25, 0.3) is 0 Å². The van der Waals surface area contributed by atoms with E-state index in [1.165, 1.54) is 5.56 Å². The van der Waals surface area contributed by atoms with Crippen LogP contribution in [0.4, 0.5) is 5.69 Å². The maximum absolute atomic E-state index is 12.6. The SMILES string of the molecule is CCC(CC(=O)N(C)c1ccc(OCC(=O)O)cc1)c1ccccc1. The van der Waals surface area contributed by atoms with Crippen LogP contribution in [0.15, 0.2) is 54.6 Å². The molecule has 0 heterocycles. The molecule has 132 valence electrons. The summed E-state index contributed by atoms with van der Waals surface area (Å²) in [6.45, 7) is 1.70. The van der Waals surface area contributed by atoms with Gasteiger partial charge in [-0.3, -0.25) is 4.79 Å². The van der Waals surface area contributed by atoms with E-state index in [0.29, 0.717) is 12.2 Å². The number of carbonyl (C=O) groups excluding carboxylic acids is 1. The maximum atomic E-state index is 12.6. The first kappa shape index (κ1) is 18.5. The van der Waals surface area contributed by atoms with Gasteiger partial charge < -0.3 is 14.7 Å². The molecule has 2 aromatic carbocycles. The number of benzene rings is 2. The standard InChI is InChI=1S/C20H23NO4/c1-3-15(16-7-5-4-6-8-16)13-19(22)21(2)17-9-11-18(12-10-17)25-14-20(23)24/h4-12,15H,3,13-14H2,1-2H3,(H,23,24). The fourth-order valence-corrected chi connectivity index (χ4v) is 2.63. The van der Waals surface area contributed by atoms with E-state index >= 15 is 0 Å². The zero-order valence-electron chi connectivity index (χ0n) is 14.5. The summed E-state index contributed by atoms with van der Waals surface area (Å²) in [6.07, 6.45) is 1.33. The van der Waals surface area contributed by atoms with Crippen molar-refractivity contribution in [1.29, 1.82) is 0 Å². The van der Waals surface area contributed by atoms with Crippen LogP contribution in [-0.4, -0.2) is 30.6 Å². The van der Waals surface area contributed by atoms with Crippen LogP contribution in [-0.2, 0) is 9.59 Å². The number of hydrogen-bond acceptors (Lipinski definition) is 3. The molecule has 0 aliphatic heterocycles. The van der Waals surface area contributed by atoms with Gasteiger partial charge in [-0.15, -0.1) is 0 Å². The first-order valence-electron chi connectivity index (χ1n) is 8.27. The highest BCUT2D eigenvalue weighted by atomic mass is 16.5. The van der Waals surface area contributed by atoms with Crippen molar-refractivity contribution in [3.05, 3.63) is 60.2 Å². The predicted octanol–water partition coefficient (Wildman–Crippen LogP) is 3.70. The zero-order valence-corrected chi connectivity index (χ0v) is 14.5. The van der Waals surface area contributed by atoms with Crippen LogP contribution >= 0.6 is 0 Å². The van der Waals surface area contributed by atoms with Gasteiger partial charge in [0.05, 0.1) is 0 Å². The number of carboxylic acid groups (broad SMARTS) is 1. The molecule has 5 nitrogen and oxygen atoms in total. The summed E-state index contributed by atoms with van der Waals surface area (Å²) in [7, 11) is 1.74. The number of ether oxygens (including phenoxy) is 1. The Morgan fingerprint density at radius 3 is 2.28 bits per heavy atom. The van der Waals surface area contributed by atoms with Crippen LogP contribution in [0.3, 0.4) is 0 Å². The summed E-state index contributed by atoms with van der Waals surface area (Å²) < 4.78 is 5.10. The van der Waals surface area contributed by atoms with Crippen molar-refractivity contribution < 1.29 is 19.4 Å². The van der Waals surface area contributed by atoms with E-state index in [1.54, 1.807) is 36.2 Å². The van der Waals surface area contributed by atoms with Gasteiger partial charge in [-0.25, -0.2) is 4.79 Å². The van der Waals surface area contributed by atoms with Crippen molar-refractivity contribution in [2.45, 2.75) is 25.7 Å². The average molecular weight is 341 g/mol. The van der Waals surface area contributed by atoms with Crippen molar-refractivity contribution in [1.82, 2.24) is 0 Å². The molecule has 0 bridgehead atoms. The minimum Gasteiger partial charge on any atom is -0.482 e. The second-order valence-electron chi connectivity index (χ2n) is 5.85. The normalized spacial score (nSPS) is 11.6. The number of hydrogen-bond donors (Lipinski definition) is 1. The molecule has 25 heavy (non-hydrogen) atoms. The van der Waals surface area contributed by atoms with Gasteiger partial charge >= 0.3 is 5.97 Å². The smallest absolute Gasteiger partial charge is 0.341 e. The van der Waals surface area contributed by atoms with Crippen LogP contribution in [0, 0.1) is 0 Å². The highest BCUT2D eigenvalue weighted by molar-refractivity contribution is 5.93. The highest BCUT2D eigenvalue weighted by Crippen LogP contribution is 2.26. The quantitative estimate of drug-likeness (QED) is 0.795. The number of nitrogens with zero attached hydrogens (tertiary/aromatic N) is 1. The molecule has 0 radical (unpaired) electrons. The molecule has 2 rings (SSSR count). The number of carboxylic acids is 1. The van der Waals surface area contributed by atoms with E-state index in [0.717, 1.165) is 12.1 Å². The van der Waals surface area contributed by atoms with Crippen LogP contribution < -0.4 is 9.64 Å². The molecule has 0 aromatic heterocycles. The van der Waals surface area contributed by atoms with Gasteiger partial charge in [-0.2, -0.15) is 0 Å². The van der Waals surface area contributed by atoms with Crippen molar-refractivity contribution in [2.75, 3.05) is 18.6 Å². The summed E-state index contributed by atoms with van der Waals surface area (Å²) in [4.78, 5) is 24.7. The Kier molecular flexibility index (Phi) is 6.57. The summed E-state index contributed by atoms with van der Waals surface area (Å²) in [5.41, 5.74) is 1.92. The molecule has 0 fully saturated rings. The highest BCUT2D eigenvalue weighted by Gasteiger charge is 2.18. The van der Waals surface area contributed by atoms with Crippen LogP contribution in [0.2, 0.25) is 0 Å².